The summed E-state index contributed by atoms with van der Waals surface area (Å²) in [7, 11) is 0. The first-order valence-corrected chi connectivity index (χ1v) is 13.2. The largest absolute Gasteiger partial charge is 0.0616 e. The fraction of sp³-hybridized carbons (Fsp3) is 0. The van der Waals surface area contributed by atoms with E-state index in [0.717, 1.165) is 0 Å². The zero-order valence-electron chi connectivity index (χ0n) is 20.9. The SMILES string of the molecule is c1ccc2cc(-c3ccc4c(ccc5c6ccc(-c7ccc8ccccc8c7)cc6ccc45)c3)ccc2c1. The summed E-state index contributed by atoms with van der Waals surface area (Å²) in [4.78, 5) is 0. The standard InChI is InChI=1S/C38H24/c1-3-7-27-21-29(11-9-25(27)5-1)31-13-17-35-33(23-31)15-19-38-36-18-14-32(24-34(36)16-20-37(35)38)30-12-10-26-6-2-4-8-28(26)22-30/h1-24H. The molecule has 0 amide bonds. The average molecular weight is 481 g/mol. The summed E-state index contributed by atoms with van der Waals surface area (Å²) in [6.07, 6.45) is 0. The van der Waals surface area contributed by atoms with Gasteiger partial charge in [0.15, 0.2) is 0 Å². The van der Waals surface area contributed by atoms with Crippen molar-refractivity contribution in [2.45, 2.75) is 0 Å². The van der Waals surface area contributed by atoms with Crippen molar-refractivity contribution < 1.29 is 0 Å². The lowest BCUT2D eigenvalue weighted by Gasteiger charge is -2.11. The summed E-state index contributed by atoms with van der Waals surface area (Å²) in [5, 5.41) is 12.9. The first-order valence-electron chi connectivity index (χ1n) is 13.2. The Morgan fingerprint density at radius 2 is 0.526 bits per heavy atom. The average Bonchev–Trinajstić information content (AvgIpc) is 2.99. The zero-order chi connectivity index (χ0) is 25.1. The van der Waals surface area contributed by atoms with E-state index in [0.29, 0.717) is 0 Å². The van der Waals surface area contributed by atoms with Gasteiger partial charge in [-0.15, -0.1) is 0 Å². The molecule has 38 heavy (non-hydrogen) atoms. The van der Waals surface area contributed by atoms with E-state index < -0.39 is 0 Å². The topological polar surface area (TPSA) is 0 Å². The van der Waals surface area contributed by atoms with Gasteiger partial charge in [0.2, 0.25) is 0 Å². The molecule has 8 rings (SSSR count). The number of fused-ring (bicyclic) bond motifs is 7. The molecule has 0 spiro atoms. The molecule has 0 bridgehead atoms. The molecule has 0 heterocycles. The second-order valence-corrected chi connectivity index (χ2v) is 10.2. The number of hydrogen-bond donors (Lipinski definition) is 0. The Hall–Kier alpha value is -4.94. The number of hydrogen-bond acceptors (Lipinski definition) is 0. The van der Waals surface area contributed by atoms with E-state index in [9.17, 15) is 0 Å². The highest BCUT2D eigenvalue weighted by atomic mass is 14.1. The lowest BCUT2D eigenvalue weighted by atomic mass is 9.93. The van der Waals surface area contributed by atoms with Gasteiger partial charge in [-0.3, -0.25) is 0 Å². The van der Waals surface area contributed by atoms with Gasteiger partial charge in [-0.05, 0) is 100 Å². The second kappa shape index (κ2) is 8.30. The van der Waals surface area contributed by atoms with Gasteiger partial charge < -0.3 is 0 Å². The molecule has 0 aliphatic rings. The summed E-state index contributed by atoms with van der Waals surface area (Å²) in [6, 6.07) is 53.5. The molecule has 0 aromatic heterocycles. The lowest BCUT2D eigenvalue weighted by Crippen LogP contribution is -1.85. The highest BCUT2D eigenvalue weighted by molar-refractivity contribution is 6.18. The smallest absolute Gasteiger partial charge is 0.00990 e. The quantitative estimate of drug-likeness (QED) is 0.216. The van der Waals surface area contributed by atoms with E-state index >= 15 is 0 Å². The summed E-state index contributed by atoms with van der Waals surface area (Å²) >= 11 is 0. The summed E-state index contributed by atoms with van der Waals surface area (Å²) in [5.74, 6) is 0. The van der Waals surface area contributed by atoms with Gasteiger partial charge in [0, 0.05) is 0 Å². The molecule has 8 aromatic carbocycles. The van der Waals surface area contributed by atoms with Gasteiger partial charge in [0.25, 0.3) is 0 Å². The zero-order valence-corrected chi connectivity index (χ0v) is 20.9. The van der Waals surface area contributed by atoms with Crippen molar-refractivity contribution in [1.82, 2.24) is 0 Å². The van der Waals surface area contributed by atoms with Crippen molar-refractivity contribution in [3.63, 3.8) is 0 Å². The van der Waals surface area contributed by atoms with Crippen LogP contribution in [0, 0.1) is 0 Å². The Labute approximate surface area is 221 Å². The summed E-state index contributed by atoms with van der Waals surface area (Å²) < 4.78 is 0. The minimum absolute atomic E-state index is 1.25. The van der Waals surface area contributed by atoms with Gasteiger partial charge in [-0.2, -0.15) is 0 Å². The summed E-state index contributed by atoms with van der Waals surface area (Å²) in [6.45, 7) is 0. The van der Waals surface area contributed by atoms with Crippen LogP contribution >= 0.6 is 0 Å². The predicted molar refractivity (Wildman–Crippen MR) is 165 cm³/mol. The number of rotatable bonds is 2. The third-order valence-corrected chi connectivity index (χ3v) is 8.00. The van der Waals surface area contributed by atoms with Crippen LogP contribution in [-0.4, -0.2) is 0 Å². The van der Waals surface area contributed by atoms with Crippen LogP contribution in [0.5, 0.6) is 0 Å². The molecule has 0 radical (unpaired) electrons. The molecular formula is C38H24. The van der Waals surface area contributed by atoms with Gasteiger partial charge in [-0.25, -0.2) is 0 Å². The summed E-state index contributed by atoms with van der Waals surface area (Å²) in [5.41, 5.74) is 5.02. The van der Waals surface area contributed by atoms with Gasteiger partial charge in [-0.1, -0.05) is 121 Å². The van der Waals surface area contributed by atoms with Crippen LogP contribution in [0.1, 0.15) is 0 Å². The van der Waals surface area contributed by atoms with E-state index in [4.69, 9.17) is 0 Å². The van der Waals surface area contributed by atoms with Crippen LogP contribution in [0.2, 0.25) is 0 Å². The number of benzene rings is 8. The molecule has 0 N–H and O–H groups in total. The van der Waals surface area contributed by atoms with Crippen molar-refractivity contribution in [1.29, 1.82) is 0 Å². The Balaban J connectivity index is 1.23. The van der Waals surface area contributed by atoms with E-state index in [1.807, 2.05) is 0 Å². The van der Waals surface area contributed by atoms with Crippen molar-refractivity contribution in [3.05, 3.63) is 146 Å². The van der Waals surface area contributed by atoms with Crippen LogP contribution < -0.4 is 0 Å². The Kier molecular flexibility index (Phi) is 4.62. The molecule has 176 valence electrons. The van der Waals surface area contributed by atoms with E-state index in [2.05, 4.69) is 146 Å². The van der Waals surface area contributed by atoms with Crippen molar-refractivity contribution in [2.75, 3.05) is 0 Å². The van der Waals surface area contributed by atoms with Crippen LogP contribution in [-0.2, 0) is 0 Å². The third kappa shape index (κ3) is 3.38. The maximum Gasteiger partial charge on any atom is -0.00990 e. The monoisotopic (exact) mass is 480 g/mol. The van der Waals surface area contributed by atoms with Crippen LogP contribution in [0.15, 0.2) is 146 Å². The van der Waals surface area contributed by atoms with Crippen LogP contribution in [0.25, 0.3) is 76.1 Å². The van der Waals surface area contributed by atoms with E-state index in [1.165, 1.54) is 76.1 Å². The van der Waals surface area contributed by atoms with Crippen molar-refractivity contribution in [2.24, 2.45) is 0 Å². The maximum atomic E-state index is 2.33. The molecular weight excluding hydrogens is 456 g/mol. The van der Waals surface area contributed by atoms with Gasteiger partial charge in [0.1, 0.15) is 0 Å². The highest BCUT2D eigenvalue weighted by Crippen LogP contribution is 2.36. The first kappa shape index (κ1) is 21.2. The van der Waals surface area contributed by atoms with Gasteiger partial charge in [0.05, 0.1) is 0 Å². The molecule has 0 atom stereocenters. The molecule has 0 saturated carbocycles. The fourth-order valence-corrected chi connectivity index (χ4v) is 5.98. The highest BCUT2D eigenvalue weighted by Gasteiger charge is 2.09. The maximum absolute atomic E-state index is 2.33. The molecule has 8 aromatic rings. The molecule has 0 heteroatoms. The fourth-order valence-electron chi connectivity index (χ4n) is 5.98. The van der Waals surface area contributed by atoms with Gasteiger partial charge >= 0.3 is 0 Å². The van der Waals surface area contributed by atoms with Crippen LogP contribution in [0.3, 0.4) is 0 Å². The van der Waals surface area contributed by atoms with E-state index in [1.54, 1.807) is 0 Å². The minimum atomic E-state index is 1.25. The second-order valence-electron chi connectivity index (χ2n) is 10.2. The van der Waals surface area contributed by atoms with Crippen LogP contribution in [0.4, 0.5) is 0 Å². The predicted octanol–water partition coefficient (Wildman–Crippen LogP) is 10.8. The Morgan fingerprint density at radius 3 is 0.974 bits per heavy atom. The Morgan fingerprint density at radius 1 is 0.211 bits per heavy atom. The van der Waals surface area contributed by atoms with E-state index in [-0.39, 0.29) is 0 Å². The lowest BCUT2D eigenvalue weighted by molar-refractivity contribution is 1.67. The molecule has 0 fully saturated rings. The molecule has 0 saturated heterocycles. The molecule has 0 aliphatic carbocycles. The molecule has 0 nitrogen and oxygen atoms in total. The first-order chi connectivity index (χ1) is 18.8. The minimum Gasteiger partial charge on any atom is -0.0616 e. The normalized spacial score (nSPS) is 11.7. The molecule has 0 aliphatic heterocycles. The van der Waals surface area contributed by atoms with Crippen molar-refractivity contribution in [3.8, 4) is 22.3 Å². The molecule has 0 unspecified atom stereocenters. The Bertz CT molecular complexity index is 2020. The van der Waals surface area contributed by atoms with Crippen molar-refractivity contribution >= 4 is 53.9 Å². The third-order valence-electron chi connectivity index (χ3n) is 8.00.